The summed E-state index contributed by atoms with van der Waals surface area (Å²) >= 11 is 7.69. The molecule has 2 heterocycles. The number of rotatable bonds is 7. The van der Waals surface area contributed by atoms with Gasteiger partial charge in [-0.25, -0.2) is 4.98 Å². The lowest BCUT2D eigenvalue weighted by Gasteiger charge is -2.13. The summed E-state index contributed by atoms with van der Waals surface area (Å²) in [5.74, 6) is -0.198. The highest BCUT2D eigenvalue weighted by Gasteiger charge is 2.22. The van der Waals surface area contributed by atoms with Gasteiger partial charge in [0.25, 0.3) is 0 Å². The Kier molecular flexibility index (Phi) is 6.19. The third kappa shape index (κ3) is 4.90. The van der Waals surface area contributed by atoms with Crippen LogP contribution in [0.5, 0.6) is 0 Å². The summed E-state index contributed by atoms with van der Waals surface area (Å²) in [4.78, 5) is 21.2. The Balaban J connectivity index is 2.09. The largest absolute Gasteiger partial charge is 0.481 e. The zero-order valence-corrected chi connectivity index (χ0v) is 16.7. The number of aromatic nitrogens is 3. The van der Waals surface area contributed by atoms with E-state index in [1.165, 1.54) is 0 Å². The van der Waals surface area contributed by atoms with Crippen LogP contribution in [0.4, 0.5) is 0 Å². The lowest BCUT2D eigenvalue weighted by atomic mass is 10.1. The number of carboxylic acids is 1. The second-order valence-electron chi connectivity index (χ2n) is 6.45. The number of carboxylic acid groups (broad SMARTS) is 1. The van der Waals surface area contributed by atoms with E-state index in [1.807, 2.05) is 41.0 Å². The SMILES string of the molecule is CC(C)c1nc(CC(=O)O)n(Cc2cccnc2)c1Sc1cccc(Cl)c1. The molecule has 0 spiro atoms. The molecule has 2 aromatic heterocycles. The van der Waals surface area contributed by atoms with Crippen molar-refractivity contribution in [3.8, 4) is 0 Å². The van der Waals surface area contributed by atoms with Gasteiger partial charge in [0.05, 0.1) is 12.2 Å². The van der Waals surface area contributed by atoms with Crippen molar-refractivity contribution in [2.24, 2.45) is 0 Å². The summed E-state index contributed by atoms with van der Waals surface area (Å²) in [7, 11) is 0. The molecule has 0 saturated carbocycles. The van der Waals surface area contributed by atoms with Crippen molar-refractivity contribution in [2.45, 2.75) is 42.7 Å². The van der Waals surface area contributed by atoms with E-state index >= 15 is 0 Å². The summed E-state index contributed by atoms with van der Waals surface area (Å²) in [5.41, 5.74) is 1.88. The molecule has 7 heteroatoms. The molecule has 0 aliphatic rings. The number of hydrogen-bond donors (Lipinski definition) is 1. The number of carbonyl (C=O) groups is 1. The first-order valence-corrected chi connectivity index (χ1v) is 9.77. The predicted octanol–water partition coefficient (Wildman–Crippen LogP) is 4.88. The second-order valence-corrected chi connectivity index (χ2v) is 7.95. The molecule has 1 N–H and O–H groups in total. The molecule has 1 aromatic carbocycles. The van der Waals surface area contributed by atoms with Gasteiger partial charge >= 0.3 is 5.97 Å². The summed E-state index contributed by atoms with van der Waals surface area (Å²) in [5, 5.41) is 10.9. The van der Waals surface area contributed by atoms with Gasteiger partial charge in [0.15, 0.2) is 0 Å². The Labute approximate surface area is 167 Å². The van der Waals surface area contributed by atoms with Gasteiger partial charge in [-0.1, -0.05) is 49.3 Å². The lowest BCUT2D eigenvalue weighted by Crippen LogP contribution is -2.11. The van der Waals surface area contributed by atoms with Gasteiger partial charge in [-0.15, -0.1) is 0 Å². The van der Waals surface area contributed by atoms with Crippen molar-refractivity contribution in [1.82, 2.24) is 14.5 Å². The minimum Gasteiger partial charge on any atom is -0.481 e. The smallest absolute Gasteiger partial charge is 0.311 e. The van der Waals surface area contributed by atoms with E-state index in [-0.39, 0.29) is 12.3 Å². The van der Waals surface area contributed by atoms with Crippen LogP contribution < -0.4 is 0 Å². The maximum atomic E-state index is 11.4. The third-order valence-corrected chi connectivity index (χ3v) is 5.30. The summed E-state index contributed by atoms with van der Waals surface area (Å²) in [6.45, 7) is 4.63. The first kappa shape index (κ1) is 19.5. The Morgan fingerprint density at radius 1 is 1.30 bits per heavy atom. The van der Waals surface area contributed by atoms with Crippen molar-refractivity contribution in [2.75, 3.05) is 0 Å². The molecule has 0 amide bonds. The first-order chi connectivity index (χ1) is 12.9. The molecule has 0 saturated heterocycles. The average molecular weight is 402 g/mol. The average Bonchev–Trinajstić information content (AvgIpc) is 2.93. The topological polar surface area (TPSA) is 68.0 Å². The van der Waals surface area contributed by atoms with E-state index in [0.29, 0.717) is 17.4 Å². The quantitative estimate of drug-likeness (QED) is 0.611. The third-order valence-electron chi connectivity index (χ3n) is 3.96. The highest BCUT2D eigenvalue weighted by molar-refractivity contribution is 7.99. The molecule has 3 aromatic rings. The predicted molar refractivity (Wildman–Crippen MR) is 107 cm³/mol. The molecule has 0 aliphatic heterocycles. The maximum absolute atomic E-state index is 11.4. The second kappa shape index (κ2) is 8.59. The molecule has 0 radical (unpaired) electrons. The van der Waals surface area contributed by atoms with Crippen molar-refractivity contribution in [3.05, 3.63) is 70.9 Å². The zero-order valence-electron chi connectivity index (χ0n) is 15.1. The Hall–Kier alpha value is -2.31. The number of pyridine rings is 1. The molecule has 27 heavy (non-hydrogen) atoms. The number of hydrogen-bond acceptors (Lipinski definition) is 4. The molecule has 0 aliphatic carbocycles. The van der Waals surface area contributed by atoms with E-state index in [2.05, 4.69) is 23.8 Å². The molecule has 0 atom stereocenters. The standard InChI is InChI=1S/C20H20ClN3O2S/c1-13(2)19-20(27-16-7-3-6-15(21)9-16)24(17(23-19)10-18(25)26)12-14-5-4-8-22-11-14/h3-9,11,13H,10,12H2,1-2H3,(H,25,26). The van der Waals surface area contributed by atoms with E-state index in [0.717, 1.165) is 21.2 Å². The van der Waals surface area contributed by atoms with Crippen molar-refractivity contribution in [3.63, 3.8) is 0 Å². The van der Waals surface area contributed by atoms with Crippen LogP contribution in [-0.2, 0) is 17.8 Å². The van der Waals surface area contributed by atoms with Crippen LogP contribution >= 0.6 is 23.4 Å². The summed E-state index contributed by atoms with van der Waals surface area (Å²) in [6, 6.07) is 11.5. The maximum Gasteiger partial charge on any atom is 0.311 e. The highest BCUT2D eigenvalue weighted by atomic mass is 35.5. The molecule has 0 fully saturated rings. The van der Waals surface area contributed by atoms with Crippen LogP contribution in [0.1, 0.15) is 36.8 Å². The molecule has 0 bridgehead atoms. The fourth-order valence-corrected chi connectivity index (χ4v) is 4.21. The molecular weight excluding hydrogens is 382 g/mol. The normalized spacial score (nSPS) is 11.1. The van der Waals surface area contributed by atoms with Gasteiger partial charge in [-0.2, -0.15) is 0 Å². The zero-order chi connectivity index (χ0) is 19.4. The van der Waals surface area contributed by atoms with E-state index < -0.39 is 5.97 Å². The van der Waals surface area contributed by atoms with Crippen molar-refractivity contribution >= 4 is 29.3 Å². The van der Waals surface area contributed by atoms with Crippen LogP contribution in [0.2, 0.25) is 5.02 Å². The fourth-order valence-electron chi connectivity index (χ4n) is 2.74. The molecule has 0 unspecified atom stereocenters. The minimum absolute atomic E-state index is 0.129. The number of imidazole rings is 1. The van der Waals surface area contributed by atoms with Gasteiger partial charge in [0.1, 0.15) is 17.3 Å². The molecule has 3 rings (SSSR count). The van der Waals surface area contributed by atoms with Crippen LogP contribution in [0.15, 0.2) is 58.7 Å². The Morgan fingerprint density at radius 2 is 2.11 bits per heavy atom. The number of benzene rings is 1. The van der Waals surface area contributed by atoms with Crippen molar-refractivity contribution < 1.29 is 9.90 Å². The molecule has 140 valence electrons. The van der Waals surface area contributed by atoms with Gasteiger partial charge in [0, 0.05) is 22.3 Å². The lowest BCUT2D eigenvalue weighted by molar-refractivity contribution is -0.136. The monoisotopic (exact) mass is 401 g/mol. The van der Waals surface area contributed by atoms with Gasteiger partial charge < -0.3 is 9.67 Å². The molecule has 5 nitrogen and oxygen atoms in total. The van der Waals surface area contributed by atoms with Gasteiger partial charge in [-0.05, 0) is 35.7 Å². The fraction of sp³-hybridized carbons (Fsp3) is 0.250. The first-order valence-electron chi connectivity index (χ1n) is 8.57. The number of nitrogens with zero attached hydrogens (tertiary/aromatic N) is 3. The number of halogens is 1. The van der Waals surface area contributed by atoms with Crippen LogP contribution in [-0.4, -0.2) is 25.6 Å². The van der Waals surface area contributed by atoms with Gasteiger partial charge in [0.2, 0.25) is 0 Å². The van der Waals surface area contributed by atoms with E-state index in [1.54, 1.807) is 24.2 Å². The van der Waals surface area contributed by atoms with Crippen LogP contribution in [0.3, 0.4) is 0 Å². The van der Waals surface area contributed by atoms with Crippen LogP contribution in [0.25, 0.3) is 0 Å². The van der Waals surface area contributed by atoms with Crippen LogP contribution in [0, 0.1) is 0 Å². The summed E-state index contributed by atoms with van der Waals surface area (Å²) in [6.07, 6.45) is 3.38. The highest BCUT2D eigenvalue weighted by Crippen LogP contribution is 2.36. The van der Waals surface area contributed by atoms with E-state index in [4.69, 9.17) is 11.6 Å². The summed E-state index contributed by atoms with van der Waals surface area (Å²) < 4.78 is 1.98. The van der Waals surface area contributed by atoms with Gasteiger partial charge in [-0.3, -0.25) is 9.78 Å². The Bertz CT molecular complexity index is 942. The number of aliphatic carboxylic acids is 1. The molecular formula is C20H20ClN3O2S. The van der Waals surface area contributed by atoms with E-state index in [9.17, 15) is 9.90 Å². The Morgan fingerprint density at radius 3 is 2.74 bits per heavy atom. The van der Waals surface area contributed by atoms with Crippen molar-refractivity contribution in [1.29, 1.82) is 0 Å². The minimum atomic E-state index is -0.901.